The first kappa shape index (κ1) is 16.0. The summed E-state index contributed by atoms with van der Waals surface area (Å²) in [6.07, 6.45) is 6.06. The van der Waals surface area contributed by atoms with Crippen LogP contribution in [0.3, 0.4) is 0 Å². The van der Waals surface area contributed by atoms with E-state index in [1.807, 2.05) is 6.07 Å². The van der Waals surface area contributed by atoms with Crippen LogP contribution in [-0.2, 0) is 16.7 Å². The topological polar surface area (TPSA) is 59.9 Å². The molecule has 0 radical (unpaired) electrons. The van der Waals surface area contributed by atoms with Crippen LogP contribution < -0.4 is 5.56 Å². The van der Waals surface area contributed by atoms with E-state index in [9.17, 15) is 4.79 Å². The number of hydrogen-bond donors (Lipinski definition) is 1. The Hall–Kier alpha value is -1.88. The largest absolute Gasteiger partial charge is 0.381 e. The van der Waals surface area contributed by atoms with Gasteiger partial charge in [0.25, 0.3) is 0 Å². The molecule has 5 nitrogen and oxygen atoms in total. The summed E-state index contributed by atoms with van der Waals surface area (Å²) in [6.45, 7) is 9.26. The first-order valence-corrected chi connectivity index (χ1v) is 8.28. The molecule has 0 bridgehead atoms. The van der Waals surface area contributed by atoms with Crippen molar-refractivity contribution >= 4 is 0 Å². The smallest absolute Gasteiger partial charge is 0.247 e. The molecule has 2 aromatic rings. The number of nitrogens with one attached hydrogen (secondary N) is 1. The third-order valence-electron chi connectivity index (χ3n) is 4.32. The summed E-state index contributed by atoms with van der Waals surface area (Å²) < 4.78 is 7.75. The lowest BCUT2D eigenvalue weighted by Crippen LogP contribution is -2.24. The summed E-state index contributed by atoms with van der Waals surface area (Å²) in [5.41, 5.74) is 1.75. The van der Waals surface area contributed by atoms with E-state index in [1.54, 1.807) is 12.3 Å². The minimum atomic E-state index is -0.0913. The molecule has 0 aromatic carbocycles. The van der Waals surface area contributed by atoms with Gasteiger partial charge in [-0.05, 0) is 24.8 Å². The van der Waals surface area contributed by atoms with Crippen LogP contribution in [0.15, 0.2) is 29.3 Å². The van der Waals surface area contributed by atoms with Crippen molar-refractivity contribution in [1.82, 2.24) is 14.5 Å². The summed E-state index contributed by atoms with van der Waals surface area (Å²) >= 11 is 0. The third kappa shape index (κ3) is 3.72. The van der Waals surface area contributed by atoms with Crippen LogP contribution >= 0.6 is 0 Å². The van der Waals surface area contributed by atoms with E-state index >= 15 is 0 Å². The van der Waals surface area contributed by atoms with Crippen molar-refractivity contribution in [3.05, 3.63) is 40.7 Å². The fraction of sp³-hybridized carbons (Fsp3) is 0.556. The van der Waals surface area contributed by atoms with Gasteiger partial charge in [-0.3, -0.25) is 4.79 Å². The molecular weight excluding hydrogens is 290 g/mol. The fourth-order valence-corrected chi connectivity index (χ4v) is 3.07. The van der Waals surface area contributed by atoms with E-state index in [1.165, 1.54) is 0 Å². The number of ether oxygens (including phenoxy) is 1. The zero-order valence-corrected chi connectivity index (χ0v) is 14.1. The van der Waals surface area contributed by atoms with Crippen LogP contribution in [0.5, 0.6) is 0 Å². The van der Waals surface area contributed by atoms with Gasteiger partial charge < -0.3 is 14.3 Å². The van der Waals surface area contributed by atoms with Crippen LogP contribution in [0.4, 0.5) is 0 Å². The summed E-state index contributed by atoms with van der Waals surface area (Å²) in [5, 5.41) is 0. The second-order valence-corrected chi connectivity index (χ2v) is 7.35. The molecule has 1 N–H and O–H groups in total. The van der Waals surface area contributed by atoms with Crippen molar-refractivity contribution in [3.63, 3.8) is 0 Å². The molecule has 0 amide bonds. The van der Waals surface area contributed by atoms with Gasteiger partial charge >= 0.3 is 0 Å². The SMILES string of the molecule is CC(C)(C)c1nc(-c2ccc(=O)[nH]c2)cn1CC1CCOCC1. The Balaban J connectivity index is 1.93. The van der Waals surface area contributed by atoms with E-state index in [0.29, 0.717) is 5.92 Å². The van der Waals surface area contributed by atoms with Gasteiger partial charge in [0.2, 0.25) is 5.56 Å². The number of pyridine rings is 1. The van der Waals surface area contributed by atoms with Gasteiger partial charge in [-0.2, -0.15) is 0 Å². The lowest BCUT2D eigenvalue weighted by molar-refractivity contribution is 0.0608. The molecule has 124 valence electrons. The number of nitrogens with zero attached hydrogens (tertiary/aromatic N) is 2. The third-order valence-corrected chi connectivity index (χ3v) is 4.32. The highest BCUT2D eigenvalue weighted by molar-refractivity contribution is 5.57. The van der Waals surface area contributed by atoms with Gasteiger partial charge in [0.1, 0.15) is 5.82 Å². The van der Waals surface area contributed by atoms with Gasteiger partial charge in [-0.15, -0.1) is 0 Å². The standard InChI is InChI=1S/C18H25N3O2/c1-18(2,3)17-20-15(14-4-5-16(22)19-10-14)12-21(17)11-13-6-8-23-9-7-13/h4-5,10,12-13H,6-9,11H2,1-3H3,(H,19,22). The Labute approximate surface area is 136 Å². The molecule has 1 aliphatic rings. The zero-order valence-electron chi connectivity index (χ0n) is 14.1. The van der Waals surface area contributed by atoms with E-state index in [-0.39, 0.29) is 11.0 Å². The van der Waals surface area contributed by atoms with Crippen LogP contribution in [0.2, 0.25) is 0 Å². The molecule has 0 saturated carbocycles. The minimum absolute atomic E-state index is 0.0222. The van der Waals surface area contributed by atoms with Crippen molar-refractivity contribution in [3.8, 4) is 11.3 Å². The predicted molar refractivity (Wildman–Crippen MR) is 90.5 cm³/mol. The normalized spacial score (nSPS) is 16.7. The van der Waals surface area contributed by atoms with Crippen LogP contribution in [0.25, 0.3) is 11.3 Å². The lowest BCUT2D eigenvalue weighted by Gasteiger charge is -2.25. The second-order valence-electron chi connectivity index (χ2n) is 7.35. The molecule has 0 aliphatic carbocycles. The van der Waals surface area contributed by atoms with Gasteiger partial charge in [0, 0.05) is 49.2 Å². The Morgan fingerprint density at radius 2 is 2.04 bits per heavy atom. The molecule has 0 unspecified atom stereocenters. The Morgan fingerprint density at radius 3 is 2.65 bits per heavy atom. The molecule has 1 saturated heterocycles. The number of H-pyrrole nitrogens is 1. The molecular formula is C18H25N3O2. The van der Waals surface area contributed by atoms with Crippen LogP contribution in [0, 0.1) is 5.92 Å². The van der Waals surface area contributed by atoms with Crippen molar-refractivity contribution in [2.75, 3.05) is 13.2 Å². The lowest BCUT2D eigenvalue weighted by atomic mass is 9.94. The highest BCUT2D eigenvalue weighted by Crippen LogP contribution is 2.28. The van der Waals surface area contributed by atoms with Gasteiger partial charge in [0.05, 0.1) is 5.69 Å². The molecule has 0 atom stereocenters. The minimum Gasteiger partial charge on any atom is -0.381 e. The van der Waals surface area contributed by atoms with Crippen LogP contribution in [-0.4, -0.2) is 27.7 Å². The van der Waals surface area contributed by atoms with Gasteiger partial charge in [0.15, 0.2) is 0 Å². The number of hydrogen-bond acceptors (Lipinski definition) is 3. The van der Waals surface area contributed by atoms with Crippen molar-refractivity contribution in [1.29, 1.82) is 0 Å². The molecule has 1 aliphatic heterocycles. The van der Waals surface area contributed by atoms with Crippen molar-refractivity contribution in [2.45, 2.75) is 45.6 Å². The van der Waals surface area contributed by atoms with Gasteiger partial charge in [-0.25, -0.2) is 4.98 Å². The maximum absolute atomic E-state index is 11.3. The highest BCUT2D eigenvalue weighted by atomic mass is 16.5. The summed E-state index contributed by atoms with van der Waals surface area (Å²) in [4.78, 5) is 18.8. The quantitative estimate of drug-likeness (QED) is 0.947. The number of aromatic amines is 1. The molecule has 1 fully saturated rings. The van der Waals surface area contributed by atoms with E-state index < -0.39 is 0 Å². The first-order valence-electron chi connectivity index (χ1n) is 8.28. The average Bonchev–Trinajstić information content (AvgIpc) is 2.93. The maximum atomic E-state index is 11.3. The molecule has 23 heavy (non-hydrogen) atoms. The molecule has 2 aromatic heterocycles. The van der Waals surface area contributed by atoms with Crippen molar-refractivity contribution in [2.24, 2.45) is 5.92 Å². The Kier molecular flexibility index (Phi) is 4.39. The van der Waals surface area contributed by atoms with E-state index in [4.69, 9.17) is 9.72 Å². The monoisotopic (exact) mass is 315 g/mol. The number of rotatable bonds is 3. The zero-order chi connectivity index (χ0) is 16.4. The molecule has 3 rings (SSSR count). The first-order chi connectivity index (χ1) is 10.9. The van der Waals surface area contributed by atoms with Crippen molar-refractivity contribution < 1.29 is 4.74 Å². The highest BCUT2D eigenvalue weighted by Gasteiger charge is 2.24. The summed E-state index contributed by atoms with van der Waals surface area (Å²) in [5.74, 6) is 1.73. The molecule has 3 heterocycles. The van der Waals surface area contributed by atoms with Crippen LogP contribution in [0.1, 0.15) is 39.4 Å². The summed E-state index contributed by atoms with van der Waals surface area (Å²) in [6, 6.07) is 3.37. The Morgan fingerprint density at radius 1 is 1.30 bits per heavy atom. The predicted octanol–water partition coefficient (Wildman–Crippen LogP) is 2.96. The second kappa shape index (κ2) is 6.32. The maximum Gasteiger partial charge on any atom is 0.247 e. The average molecular weight is 315 g/mol. The number of imidazole rings is 1. The fourth-order valence-electron chi connectivity index (χ4n) is 3.07. The Bertz CT molecular complexity index is 698. The van der Waals surface area contributed by atoms with E-state index in [0.717, 1.165) is 49.7 Å². The summed E-state index contributed by atoms with van der Waals surface area (Å²) in [7, 11) is 0. The van der Waals surface area contributed by atoms with Gasteiger partial charge in [-0.1, -0.05) is 20.8 Å². The molecule has 0 spiro atoms. The number of aromatic nitrogens is 3. The van der Waals surface area contributed by atoms with E-state index in [2.05, 4.69) is 36.5 Å². The molecule has 5 heteroatoms.